The maximum absolute atomic E-state index is 15.3. The SMILES string of the molecule is C/C=C/COC1CCC2CC(c3ccc4c(c3F)CCC(C)C4)CCC2C1. The summed E-state index contributed by atoms with van der Waals surface area (Å²) >= 11 is 0. The number of halogens is 1. The Balaban J connectivity index is 1.41. The zero-order chi connectivity index (χ0) is 18.8. The van der Waals surface area contributed by atoms with Crippen molar-refractivity contribution in [3.05, 3.63) is 46.8 Å². The lowest BCUT2D eigenvalue weighted by Crippen LogP contribution is -2.34. The fourth-order valence-electron chi connectivity index (χ4n) is 5.89. The number of benzene rings is 1. The monoisotopic (exact) mass is 370 g/mol. The number of rotatable bonds is 4. The molecular weight excluding hydrogens is 335 g/mol. The van der Waals surface area contributed by atoms with Gasteiger partial charge in [0.1, 0.15) is 5.82 Å². The van der Waals surface area contributed by atoms with Crippen molar-refractivity contribution in [2.45, 2.75) is 83.7 Å². The van der Waals surface area contributed by atoms with Gasteiger partial charge in [0.25, 0.3) is 0 Å². The van der Waals surface area contributed by atoms with Crippen LogP contribution in [0.3, 0.4) is 0 Å². The number of fused-ring (bicyclic) bond motifs is 2. The molecule has 0 heterocycles. The van der Waals surface area contributed by atoms with Crippen molar-refractivity contribution in [1.29, 1.82) is 0 Å². The molecule has 27 heavy (non-hydrogen) atoms. The highest BCUT2D eigenvalue weighted by Crippen LogP contribution is 2.47. The van der Waals surface area contributed by atoms with E-state index in [0.717, 1.165) is 55.3 Å². The maximum Gasteiger partial charge on any atom is 0.130 e. The Hall–Kier alpha value is -1.15. The Morgan fingerprint density at radius 2 is 1.89 bits per heavy atom. The fraction of sp³-hybridized carbons (Fsp3) is 0.680. The first-order valence-corrected chi connectivity index (χ1v) is 11.2. The van der Waals surface area contributed by atoms with Gasteiger partial charge in [-0.25, -0.2) is 4.39 Å². The predicted octanol–water partition coefficient (Wildman–Crippen LogP) is 6.60. The van der Waals surface area contributed by atoms with Gasteiger partial charge in [0.05, 0.1) is 12.7 Å². The zero-order valence-electron chi connectivity index (χ0n) is 17.1. The van der Waals surface area contributed by atoms with Crippen LogP contribution >= 0.6 is 0 Å². The van der Waals surface area contributed by atoms with Gasteiger partial charge in [0.2, 0.25) is 0 Å². The predicted molar refractivity (Wildman–Crippen MR) is 110 cm³/mol. The minimum absolute atomic E-state index is 0.145. The van der Waals surface area contributed by atoms with Crippen LogP contribution in [0.25, 0.3) is 0 Å². The van der Waals surface area contributed by atoms with Gasteiger partial charge in [0, 0.05) is 0 Å². The molecule has 3 aliphatic rings. The highest BCUT2D eigenvalue weighted by atomic mass is 19.1. The number of allylic oxidation sites excluding steroid dienone is 1. The Kier molecular flexibility index (Phi) is 6.02. The van der Waals surface area contributed by atoms with E-state index in [-0.39, 0.29) is 5.82 Å². The third-order valence-corrected chi connectivity index (χ3v) is 7.49. The second kappa shape index (κ2) is 8.47. The first-order valence-electron chi connectivity index (χ1n) is 11.2. The van der Waals surface area contributed by atoms with Crippen molar-refractivity contribution in [1.82, 2.24) is 0 Å². The topological polar surface area (TPSA) is 9.23 Å². The quantitative estimate of drug-likeness (QED) is 0.543. The Bertz CT molecular complexity index is 679. The zero-order valence-corrected chi connectivity index (χ0v) is 17.1. The molecule has 4 rings (SSSR count). The number of hydrogen-bond donors (Lipinski definition) is 0. The van der Waals surface area contributed by atoms with Gasteiger partial charge in [-0.05, 0) is 105 Å². The van der Waals surface area contributed by atoms with Crippen molar-refractivity contribution in [3.63, 3.8) is 0 Å². The summed E-state index contributed by atoms with van der Waals surface area (Å²) in [6.07, 6.45) is 14.9. The van der Waals surface area contributed by atoms with Gasteiger partial charge in [-0.15, -0.1) is 0 Å². The number of hydrogen-bond acceptors (Lipinski definition) is 1. The summed E-state index contributed by atoms with van der Waals surface area (Å²) < 4.78 is 21.3. The van der Waals surface area contributed by atoms with Gasteiger partial charge in [-0.2, -0.15) is 0 Å². The lowest BCUT2D eigenvalue weighted by molar-refractivity contribution is -0.00335. The second-order valence-corrected chi connectivity index (χ2v) is 9.32. The average molecular weight is 371 g/mol. The maximum atomic E-state index is 15.3. The Morgan fingerprint density at radius 1 is 1.07 bits per heavy atom. The van der Waals surface area contributed by atoms with Gasteiger partial charge >= 0.3 is 0 Å². The standard InChI is InChI=1S/C25H35FO/c1-3-4-13-27-22-10-8-18-15-21(7-6-19(18)16-22)24-12-9-20-14-17(2)5-11-23(20)25(24)26/h3-4,9,12,17-19,21-22H,5-8,10-11,13-16H2,1-2H3/b4-3+. The first-order chi connectivity index (χ1) is 13.2. The van der Waals surface area contributed by atoms with Gasteiger partial charge in [0.15, 0.2) is 0 Å². The van der Waals surface area contributed by atoms with Gasteiger partial charge in [-0.3, -0.25) is 0 Å². The molecule has 1 aromatic rings. The Morgan fingerprint density at radius 3 is 2.74 bits per heavy atom. The highest BCUT2D eigenvalue weighted by Gasteiger charge is 2.37. The molecule has 148 valence electrons. The van der Waals surface area contributed by atoms with E-state index >= 15 is 4.39 Å². The molecule has 2 heteroatoms. The van der Waals surface area contributed by atoms with E-state index in [1.165, 1.54) is 37.7 Å². The largest absolute Gasteiger partial charge is 0.374 e. The molecule has 1 aromatic carbocycles. The Labute approximate surface area is 164 Å². The normalized spacial score (nSPS) is 33.7. The molecule has 0 radical (unpaired) electrons. The van der Waals surface area contributed by atoms with Crippen LogP contribution in [0.15, 0.2) is 24.3 Å². The molecule has 1 nitrogen and oxygen atoms in total. The van der Waals surface area contributed by atoms with Crippen molar-refractivity contribution in [3.8, 4) is 0 Å². The van der Waals surface area contributed by atoms with E-state index in [0.29, 0.717) is 17.9 Å². The molecule has 3 aliphatic carbocycles. The molecule has 2 saturated carbocycles. The van der Waals surface area contributed by atoms with Crippen LogP contribution in [0, 0.1) is 23.6 Å². The average Bonchev–Trinajstić information content (AvgIpc) is 2.68. The molecule has 0 aromatic heterocycles. The second-order valence-electron chi connectivity index (χ2n) is 9.32. The summed E-state index contributed by atoms with van der Waals surface area (Å²) in [6, 6.07) is 4.37. The van der Waals surface area contributed by atoms with Crippen molar-refractivity contribution in [2.24, 2.45) is 17.8 Å². The van der Waals surface area contributed by atoms with Crippen LogP contribution in [0.5, 0.6) is 0 Å². The lowest BCUT2D eigenvalue weighted by Gasteiger charge is -2.42. The molecule has 5 unspecified atom stereocenters. The third kappa shape index (κ3) is 4.16. The van der Waals surface area contributed by atoms with E-state index < -0.39 is 0 Å². The van der Waals surface area contributed by atoms with Crippen LogP contribution in [-0.4, -0.2) is 12.7 Å². The molecule has 0 saturated heterocycles. The van der Waals surface area contributed by atoms with E-state index in [2.05, 4.69) is 31.2 Å². The first kappa shape index (κ1) is 19.2. The third-order valence-electron chi connectivity index (χ3n) is 7.49. The van der Waals surface area contributed by atoms with E-state index in [9.17, 15) is 0 Å². The molecular formula is C25H35FO. The number of ether oxygens (including phenoxy) is 1. The fourth-order valence-corrected chi connectivity index (χ4v) is 5.89. The minimum atomic E-state index is 0.145. The molecule has 0 bridgehead atoms. The van der Waals surface area contributed by atoms with Crippen molar-refractivity contribution >= 4 is 0 Å². The summed E-state index contributed by atoms with van der Waals surface area (Å²) in [4.78, 5) is 0. The smallest absolute Gasteiger partial charge is 0.130 e. The van der Waals surface area contributed by atoms with Crippen molar-refractivity contribution in [2.75, 3.05) is 6.61 Å². The molecule has 0 N–H and O–H groups in total. The summed E-state index contributed by atoms with van der Waals surface area (Å²) in [5.41, 5.74) is 3.32. The van der Waals surface area contributed by atoms with E-state index in [4.69, 9.17) is 4.74 Å². The van der Waals surface area contributed by atoms with Crippen LogP contribution in [0.2, 0.25) is 0 Å². The summed E-state index contributed by atoms with van der Waals surface area (Å²) in [5, 5.41) is 0. The van der Waals surface area contributed by atoms with Crippen LogP contribution in [0.1, 0.15) is 81.4 Å². The molecule has 0 amide bonds. The minimum Gasteiger partial charge on any atom is -0.374 e. The van der Waals surface area contributed by atoms with Gasteiger partial charge < -0.3 is 4.74 Å². The molecule has 0 aliphatic heterocycles. The highest BCUT2D eigenvalue weighted by molar-refractivity contribution is 5.38. The summed E-state index contributed by atoms with van der Waals surface area (Å²) in [5.74, 6) is 2.82. The molecule has 0 spiro atoms. The summed E-state index contributed by atoms with van der Waals surface area (Å²) in [7, 11) is 0. The van der Waals surface area contributed by atoms with Crippen LogP contribution < -0.4 is 0 Å². The summed E-state index contributed by atoms with van der Waals surface area (Å²) in [6.45, 7) is 5.08. The lowest BCUT2D eigenvalue weighted by atomic mass is 9.65. The van der Waals surface area contributed by atoms with Crippen LogP contribution in [0.4, 0.5) is 4.39 Å². The van der Waals surface area contributed by atoms with E-state index in [1.807, 2.05) is 6.92 Å². The van der Waals surface area contributed by atoms with Crippen LogP contribution in [-0.2, 0) is 17.6 Å². The van der Waals surface area contributed by atoms with Gasteiger partial charge in [-0.1, -0.05) is 31.2 Å². The van der Waals surface area contributed by atoms with E-state index in [1.54, 1.807) is 0 Å². The van der Waals surface area contributed by atoms with Crippen molar-refractivity contribution < 1.29 is 9.13 Å². The molecule has 5 atom stereocenters. The molecule has 2 fully saturated rings.